The summed E-state index contributed by atoms with van der Waals surface area (Å²) in [5.74, 6) is 2.04. The molecule has 1 aromatic carbocycles. The van der Waals surface area contributed by atoms with E-state index in [1.807, 2.05) is 7.05 Å². The third kappa shape index (κ3) is 6.27. The molecule has 2 atom stereocenters. The standard InChI is InChI=1S/C20H25N5O.C4H9NO2/c1-12-23-18(21)17-20(24-12)26-19(22-2)16(25-17)15-10-8-14(9-11-15)13-6-4-3-5-7-13;1-4(2-6)5-3-7/h8-11,13,19,22H,3-7H2,1-2H3,(H2,21,23,24);3-4,6H,2H2,1H3,(H,5,7). The molecule has 1 aliphatic carbocycles. The van der Waals surface area contributed by atoms with Crippen LogP contribution in [0.1, 0.15) is 61.9 Å². The van der Waals surface area contributed by atoms with Crippen molar-refractivity contribution in [3.8, 4) is 5.88 Å². The van der Waals surface area contributed by atoms with Crippen LogP contribution < -0.4 is 21.1 Å². The van der Waals surface area contributed by atoms with E-state index in [1.54, 1.807) is 13.8 Å². The molecule has 9 heteroatoms. The van der Waals surface area contributed by atoms with E-state index < -0.39 is 0 Å². The summed E-state index contributed by atoms with van der Waals surface area (Å²) < 4.78 is 5.98. The molecule has 1 saturated carbocycles. The van der Waals surface area contributed by atoms with E-state index in [1.165, 1.54) is 37.7 Å². The Hall–Kier alpha value is -3.04. The van der Waals surface area contributed by atoms with Crippen molar-refractivity contribution >= 4 is 23.6 Å². The fourth-order valence-electron chi connectivity index (χ4n) is 4.04. The number of nitrogens with one attached hydrogen (secondary N) is 2. The number of aliphatic hydroxyl groups excluding tert-OH is 1. The summed E-state index contributed by atoms with van der Waals surface area (Å²) >= 11 is 0. The molecular weight excluding hydrogens is 420 g/mol. The van der Waals surface area contributed by atoms with Gasteiger partial charge < -0.3 is 20.9 Å². The van der Waals surface area contributed by atoms with Crippen LogP contribution in [0.15, 0.2) is 29.3 Å². The van der Waals surface area contributed by atoms with E-state index in [0.717, 1.165) is 11.3 Å². The maximum absolute atomic E-state index is 9.55. The number of carbonyl (C=O) groups is 1. The van der Waals surface area contributed by atoms with Crippen LogP contribution in [0.2, 0.25) is 0 Å². The number of nitrogen functional groups attached to an aromatic ring is 1. The zero-order valence-electron chi connectivity index (χ0n) is 19.5. The minimum Gasteiger partial charge on any atom is -0.451 e. The largest absolute Gasteiger partial charge is 0.451 e. The fraction of sp³-hybridized carbons (Fsp3) is 0.500. The number of fused-ring (bicyclic) bond motifs is 1. The van der Waals surface area contributed by atoms with Gasteiger partial charge in [0.15, 0.2) is 17.7 Å². The van der Waals surface area contributed by atoms with Gasteiger partial charge in [0, 0.05) is 11.6 Å². The first-order chi connectivity index (χ1) is 16.0. The van der Waals surface area contributed by atoms with Crippen molar-refractivity contribution < 1.29 is 14.6 Å². The lowest BCUT2D eigenvalue weighted by molar-refractivity contribution is -0.110. The number of nitrogens with two attached hydrogens (primary N) is 1. The molecule has 2 aromatic rings. The van der Waals surface area contributed by atoms with Crippen LogP contribution in [0, 0.1) is 6.92 Å². The highest BCUT2D eigenvalue weighted by molar-refractivity contribution is 6.06. The zero-order valence-corrected chi connectivity index (χ0v) is 19.5. The van der Waals surface area contributed by atoms with Gasteiger partial charge in [0.1, 0.15) is 11.5 Å². The number of nitrogens with zero attached hydrogens (tertiary/aromatic N) is 3. The lowest BCUT2D eigenvalue weighted by Gasteiger charge is -2.26. The van der Waals surface area contributed by atoms with Gasteiger partial charge in [0.2, 0.25) is 12.3 Å². The van der Waals surface area contributed by atoms with E-state index in [2.05, 4.69) is 44.9 Å². The molecule has 33 heavy (non-hydrogen) atoms. The van der Waals surface area contributed by atoms with Gasteiger partial charge in [-0.15, -0.1) is 0 Å². The first-order valence-electron chi connectivity index (χ1n) is 11.4. The number of amides is 1. The number of carbonyl (C=O) groups excluding carboxylic acids is 1. The number of hydrogen-bond donors (Lipinski definition) is 4. The summed E-state index contributed by atoms with van der Waals surface area (Å²) in [7, 11) is 1.85. The Bertz CT molecular complexity index is 957. The third-order valence-corrected chi connectivity index (χ3v) is 5.87. The normalized spacial score (nSPS) is 18.7. The lowest BCUT2D eigenvalue weighted by Crippen LogP contribution is -2.41. The van der Waals surface area contributed by atoms with Crippen LogP contribution in [0.5, 0.6) is 5.88 Å². The summed E-state index contributed by atoms with van der Waals surface area (Å²) in [5, 5.41) is 13.8. The molecule has 0 saturated heterocycles. The minimum atomic E-state index is -0.364. The second kappa shape index (κ2) is 11.7. The Morgan fingerprint density at radius 3 is 2.48 bits per heavy atom. The molecular formula is C24H34N6O3. The van der Waals surface area contributed by atoms with Crippen molar-refractivity contribution in [2.75, 3.05) is 19.4 Å². The van der Waals surface area contributed by atoms with Crippen molar-refractivity contribution in [3.63, 3.8) is 0 Å². The van der Waals surface area contributed by atoms with Crippen LogP contribution in [0.3, 0.4) is 0 Å². The summed E-state index contributed by atoms with van der Waals surface area (Å²) in [6, 6.07) is 8.60. The highest BCUT2D eigenvalue weighted by Crippen LogP contribution is 2.36. The molecule has 2 heterocycles. The number of likely N-dealkylation sites (N-methyl/N-ethyl adjacent to an activating group) is 1. The average molecular weight is 455 g/mol. The summed E-state index contributed by atoms with van der Waals surface area (Å²) in [6.45, 7) is 3.50. The Labute approximate surface area is 194 Å². The number of benzene rings is 1. The molecule has 0 spiro atoms. The number of anilines is 1. The van der Waals surface area contributed by atoms with Crippen molar-refractivity contribution in [2.45, 2.75) is 64.1 Å². The quantitative estimate of drug-likeness (QED) is 0.493. The van der Waals surface area contributed by atoms with Gasteiger partial charge >= 0.3 is 0 Å². The van der Waals surface area contributed by atoms with E-state index >= 15 is 0 Å². The maximum Gasteiger partial charge on any atom is 0.247 e. The van der Waals surface area contributed by atoms with Gasteiger partial charge in [-0.3, -0.25) is 10.1 Å². The topological polar surface area (TPSA) is 135 Å². The fourth-order valence-corrected chi connectivity index (χ4v) is 4.04. The predicted octanol–water partition coefficient (Wildman–Crippen LogP) is 2.59. The van der Waals surface area contributed by atoms with Gasteiger partial charge in [-0.2, -0.15) is 4.98 Å². The van der Waals surface area contributed by atoms with E-state index in [0.29, 0.717) is 35.5 Å². The van der Waals surface area contributed by atoms with Crippen LogP contribution in [-0.2, 0) is 4.79 Å². The Balaban J connectivity index is 0.000000383. The molecule has 4 rings (SSSR count). The number of aromatic nitrogens is 2. The first-order valence-corrected chi connectivity index (χ1v) is 11.4. The molecule has 1 aliphatic heterocycles. The van der Waals surface area contributed by atoms with Gasteiger partial charge in [-0.1, -0.05) is 43.5 Å². The Morgan fingerprint density at radius 1 is 1.21 bits per heavy atom. The zero-order chi connectivity index (χ0) is 23.8. The molecule has 1 amide bonds. The minimum absolute atomic E-state index is 0.00125. The molecule has 2 aliphatic rings. The smallest absolute Gasteiger partial charge is 0.247 e. The number of aliphatic imine (C=N–C) groups is 1. The van der Waals surface area contributed by atoms with Gasteiger partial charge in [0.25, 0.3) is 0 Å². The SMILES string of the molecule is CC(CO)NC=O.CNC1Oc2nc(C)nc(N)c2N=C1c1ccc(C2CCCCC2)cc1. The monoisotopic (exact) mass is 454 g/mol. The van der Waals surface area contributed by atoms with E-state index in [4.69, 9.17) is 20.6 Å². The van der Waals surface area contributed by atoms with E-state index in [9.17, 15) is 4.79 Å². The second-order valence-electron chi connectivity index (χ2n) is 8.42. The number of aliphatic hydroxyl groups is 1. The van der Waals surface area contributed by atoms with Gasteiger partial charge in [-0.25, -0.2) is 9.98 Å². The lowest BCUT2D eigenvalue weighted by atomic mass is 9.84. The average Bonchev–Trinajstić information content (AvgIpc) is 2.84. The third-order valence-electron chi connectivity index (χ3n) is 5.87. The van der Waals surface area contributed by atoms with Crippen molar-refractivity contribution in [2.24, 2.45) is 4.99 Å². The first kappa shape index (κ1) is 24.6. The molecule has 2 unspecified atom stereocenters. The summed E-state index contributed by atoms with van der Waals surface area (Å²) in [5.41, 5.74) is 9.79. The summed E-state index contributed by atoms with van der Waals surface area (Å²) in [4.78, 5) is 22.8. The molecule has 0 bridgehead atoms. The molecule has 5 N–H and O–H groups in total. The summed E-state index contributed by atoms with van der Waals surface area (Å²) in [6.07, 6.45) is 6.84. The van der Waals surface area contributed by atoms with Crippen LogP contribution in [0.4, 0.5) is 11.5 Å². The highest BCUT2D eigenvalue weighted by atomic mass is 16.5. The Kier molecular flexibility index (Phi) is 8.73. The number of aryl methyl sites for hydroxylation is 1. The highest BCUT2D eigenvalue weighted by Gasteiger charge is 2.28. The Morgan fingerprint density at radius 2 is 1.91 bits per heavy atom. The van der Waals surface area contributed by atoms with Gasteiger partial charge in [0.05, 0.1) is 6.61 Å². The molecule has 178 valence electrons. The van der Waals surface area contributed by atoms with E-state index in [-0.39, 0.29) is 18.9 Å². The maximum atomic E-state index is 9.55. The molecule has 1 fully saturated rings. The van der Waals surface area contributed by atoms with Crippen molar-refractivity contribution in [1.29, 1.82) is 0 Å². The van der Waals surface area contributed by atoms with Crippen LogP contribution >= 0.6 is 0 Å². The molecule has 0 radical (unpaired) electrons. The predicted molar refractivity (Wildman–Crippen MR) is 129 cm³/mol. The van der Waals surface area contributed by atoms with Crippen molar-refractivity contribution in [1.82, 2.24) is 20.6 Å². The molecule has 9 nitrogen and oxygen atoms in total. The van der Waals surface area contributed by atoms with Crippen LogP contribution in [0.25, 0.3) is 0 Å². The number of ether oxygens (including phenoxy) is 1. The second-order valence-corrected chi connectivity index (χ2v) is 8.42. The van der Waals surface area contributed by atoms with Crippen molar-refractivity contribution in [3.05, 3.63) is 41.2 Å². The van der Waals surface area contributed by atoms with Crippen LogP contribution in [-0.4, -0.2) is 53.1 Å². The molecule has 1 aromatic heterocycles. The van der Waals surface area contributed by atoms with Gasteiger partial charge in [-0.05, 0) is 45.2 Å². The number of hydrogen-bond acceptors (Lipinski definition) is 8. The number of rotatable bonds is 6.